The monoisotopic (exact) mass is 349 g/mol. The van der Waals surface area contributed by atoms with E-state index in [1.54, 1.807) is 12.1 Å². The van der Waals surface area contributed by atoms with E-state index in [1.165, 1.54) is 6.92 Å². The summed E-state index contributed by atoms with van der Waals surface area (Å²) in [6, 6.07) is 5.93. The van der Waals surface area contributed by atoms with E-state index in [2.05, 4.69) is 46.6 Å². The van der Waals surface area contributed by atoms with Gasteiger partial charge < -0.3 is 4.79 Å². The zero-order chi connectivity index (χ0) is 19.8. The molecule has 1 aromatic rings. The van der Waals surface area contributed by atoms with Crippen molar-refractivity contribution in [2.75, 3.05) is 7.05 Å². The summed E-state index contributed by atoms with van der Waals surface area (Å²) in [7, 11) is 2.08. The maximum Gasteiger partial charge on any atom is 0.150 e. The highest BCUT2D eigenvalue weighted by Crippen LogP contribution is 2.13. The molecule has 0 saturated carbocycles. The highest BCUT2D eigenvalue weighted by molar-refractivity contribution is 5.90. The van der Waals surface area contributed by atoms with E-state index in [-0.39, 0.29) is 0 Å². The number of hydrogen-bond donors (Lipinski definition) is 0. The van der Waals surface area contributed by atoms with Crippen LogP contribution in [0.1, 0.15) is 80.7 Å². The highest BCUT2D eigenvalue weighted by Gasteiger charge is 2.10. The van der Waals surface area contributed by atoms with Gasteiger partial charge in [-0.3, -0.25) is 14.5 Å². The second kappa shape index (κ2) is 15.7. The first kappa shape index (κ1) is 25.4. The Kier molecular flexibility index (Phi) is 16.0. The maximum absolute atomic E-state index is 10.9. The van der Waals surface area contributed by atoms with Crippen molar-refractivity contribution in [1.29, 1.82) is 0 Å². The molecule has 0 amide bonds. The van der Waals surface area contributed by atoms with Crippen molar-refractivity contribution in [3.63, 3.8) is 0 Å². The molecule has 0 bridgehead atoms. The summed E-state index contributed by atoms with van der Waals surface area (Å²) in [6.45, 7) is 13.1. The Morgan fingerprint density at radius 2 is 1.48 bits per heavy atom. The van der Waals surface area contributed by atoms with Gasteiger partial charge in [-0.15, -0.1) is 0 Å². The van der Waals surface area contributed by atoms with E-state index in [9.17, 15) is 9.59 Å². The van der Waals surface area contributed by atoms with Crippen molar-refractivity contribution in [2.45, 2.75) is 67.0 Å². The minimum Gasteiger partial charge on any atom is -0.304 e. The van der Waals surface area contributed by atoms with Crippen LogP contribution in [0.25, 0.3) is 0 Å². The molecule has 0 radical (unpaired) electrons. The number of benzene rings is 1. The summed E-state index contributed by atoms with van der Waals surface area (Å²) < 4.78 is 0. The molecule has 0 aliphatic heterocycles. The second-order valence-electron chi connectivity index (χ2n) is 6.72. The summed E-state index contributed by atoms with van der Waals surface area (Å²) in [6.07, 6.45) is 4.53. The van der Waals surface area contributed by atoms with E-state index in [0.717, 1.165) is 49.7 Å². The van der Waals surface area contributed by atoms with Gasteiger partial charge in [-0.25, -0.2) is 0 Å². The largest absolute Gasteiger partial charge is 0.304 e. The lowest BCUT2D eigenvalue weighted by atomic mass is 10.0. The van der Waals surface area contributed by atoms with Crippen LogP contribution in [0.5, 0.6) is 0 Å². The summed E-state index contributed by atoms with van der Waals surface area (Å²) in [5.41, 5.74) is 1.99. The van der Waals surface area contributed by atoms with Crippen LogP contribution < -0.4 is 0 Å². The molecule has 0 aliphatic rings. The fourth-order valence-electron chi connectivity index (χ4n) is 2.01. The maximum atomic E-state index is 10.9. The van der Waals surface area contributed by atoms with Crippen LogP contribution in [-0.2, 0) is 11.3 Å². The van der Waals surface area contributed by atoms with Crippen LogP contribution in [0, 0.1) is 5.92 Å². The Morgan fingerprint density at radius 1 is 1.00 bits per heavy atom. The van der Waals surface area contributed by atoms with Gasteiger partial charge in [-0.2, -0.15) is 0 Å². The molecule has 0 aromatic heterocycles. The normalized spacial score (nSPS) is 10.9. The van der Waals surface area contributed by atoms with Crippen molar-refractivity contribution in [3.8, 4) is 0 Å². The van der Waals surface area contributed by atoms with Crippen LogP contribution in [0.15, 0.2) is 18.2 Å². The van der Waals surface area contributed by atoms with Crippen molar-refractivity contribution in [1.82, 2.24) is 4.90 Å². The van der Waals surface area contributed by atoms with Crippen LogP contribution in [0.4, 0.5) is 0 Å². The lowest BCUT2D eigenvalue weighted by Gasteiger charge is -2.24. The number of aldehydes is 3. The van der Waals surface area contributed by atoms with Crippen LogP contribution in [0.2, 0.25) is 0 Å². The molecule has 4 nitrogen and oxygen atoms in total. The zero-order valence-electron chi connectivity index (χ0n) is 16.9. The summed E-state index contributed by atoms with van der Waals surface area (Å²) in [4.78, 5) is 32.7. The lowest BCUT2D eigenvalue weighted by Crippen LogP contribution is -2.28. The van der Waals surface area contributed by atoms with Crippen molar-refractivity contribution in [2.24, 2.45) is 5.92 Å². The molecule has 0 heterocycles. The summed E-state index contributed by atoms with van der Waals surface area (Å²) in [5.74, 6) is 0.833. The minimum atomic E-state index is 0.456. The zero-order valence-corrected chi connectivity index (χ0v) is 16.9. The molecular formula is C21H35NO3. The molecule has 0 fully saturated rings. The fourth-order valence-corrected chi connectivity index (χ4v) is 2.01. The predicted octanol–water partition coefficient (Wildman–Crippen LogP) is 4.80. The molecule has 0 N–H and O–H groups in total. The molecule has 0 spiro atoms. The predicted molar refractivity (Wildman–Crippen MR) is 105 cm³/mol. The SMILES string of the molecule is CC(C)C.CC=O.CCCC(C)N(C)Cc1ccc(C=O)c(C=O)c1. The second-order valence-corrected chi connectivity index (χ2v) is 6.72. The van der Waals surface area contributed by atoms with Gasteiger partial charge in [0.2, 0.25) is 0 Å². The van der Waals surface area contributed by atoms with E-state index in [0.29, 0.717) is 17.2 Å². The van der Waals surface area contributed by atoms with Crippen molar-refractivity contribution >= 4 is 18.9 Å². The number of carbonyl (C=O) groups excluding carboxylic acids is 3. The van der Waals surface area contributed by atoms with Gasteiger partial charge >= 0.3 is 0 Å². The average molecular weight is 350 g/mol. The third-order valence-electron chi connectivity index (χ3n) is 3.30. The molecule has 4 heteroatoms. The van der Waals surface area contributed by atoms with Gasteiger partial charge in [0.05, 0.1) is 0 Å². The van der Waals surface area contributed by atoms with E-state index in [4.69, 9.17) is 4.79 Å². The van der Waals surface area contributed by atoms with Gasteiger partial charge in [0, 0.05) is 23.7 Å². The molecule has 0 aliphatic carbocycles. The van der Waals surface area contributed by atoms with Gasteiger partial charge in [-0.05, 0) is 44.9 Å². The number of hydrogen-bond acceptors (Lipinski definition) is 4. The van der Waals surface area contributed by atoms with E-state index in [1.807, 2.05) is 6.07 Å². The van der Waals surface area contributed by atoms with Crippen LogP contribution in [-0.4, -0.2) is 36.8 Å². The first-order valence-corrected chi connectivity index (χ1v) is 8.90. The molecule has 25 heavy (non-hydrogen) atoms. The first-order valence-electron chi connectivity index (χ1n) is 8.90. The smallest absolute Gasteiger partial charge is 0.150 e. The van der Waals surface area contributed by atoms with E-state index < -0.39 is 0 Å². The first-order chi connectivity index (χ1) is 11.8. The van der Waals surface area contributed by atoms with Crippen molar-refractivity contribution in [3.05, 3.63) is 34.9 Å². The summed E-state index contributed by atoms with van der Waals surface area (Å²) >= 11 is 0. The van der Waals surface area contributed by atoms with Crippen molar-refractivity contribution < 1.29 is 14.4 Å². The number of carbonyl (C=O) groups is 3. The third-order valence-corrected chi connectivity index (χ3v) is 3.30. The Labute approximate surface area is 153 Å². The quantitative estimate of drug-likeness (QED) is 0.664. The molecule has 1 aromatic carbocycles. The van der Waals surface area contributed by atoms with E-state index >= 15 is 0 Å². The number of nitrogens with zero attached hydrogens (tertiary/aromatic N) is 1. The Hall–Kier alpha value is -1.81. The number of rotatable bonds is 7. The minimum absolute atomic E-state index is 0.456. The Balaban J connectivity index is 0. The highest BCUT2D eigenvalue weighted by atomic mass is 16.1. The van der Waals surface area contributed by atoms with Crippen LogP contribution >= 0.6 is 0 Å². The molecule has 1 unspecified atom stereocenters. The fraction of sp³-hybridized carbons (Fsp3) is 0.571. The molecule has 1 atom stereocenters. The van der Waals surface area contributed by atoms with Crippen LogP contribution in [0.3, 0.4) is 0 Å². The average Bonchev–Trinajstić information content (AvgIpc) is 2.55. The van der Waals surface area contributed by atoms with Gasteiger partial charge in [-0.1, -0.05) is 46.2 Å². The van der Waals surface area contributed by atoms with Gasteiger partial charge in [0.15, 0.2) is 12.6 Å². The molecule has 0 saturated heterocycles. The Morgan fingerprint density at radius 3 is 1.88 bits per heavy atom. The lowest BCUT2D eigenvalue weighted by molar-refractivity contribution is -0.106. The standard InChI is InChI=1S/C15H21NO2.C4H10.C2H4O/c1-4-5-12(2)16(3)9-13-6-7-14(10-17)15(8-13)11-18;1-4(2)3;1-2-3/h6-8,10-12H,4-5,9H2,1-3H3;4H,1-3H3;2H,1H3. The van der Waals surface area contributed by atoms with Gasteiger partial charge in [0.1, 0.15) is 6.29 Å². The Bertz CT molecular complexity index is 495. The third kappa shape index (κ3) is 13.2. The summed E-state index contributed by atoms with van der Waals surface area (Å²) in [5, 5.41) is 0. The molecular weight excluding hydrogens is 314 g/mol. The molecule has 1 rings (SSSR count). The van der Waals surface area contributed by atoms with Gasteiger partial charge in [0.25, 0.3) is 0 Å². The molecule has 142 valence electrons. The topological polar surface area (TPSA) is 54.5 Å².